The molecule has 3 rings (SSSR count). The lowest BCUT2D eigenvalue weighted by molar-refractivity contribution is 0.347. The zero-order chi connectivity index (χ0) is 16.4. The number of hydrogen-bond acceptors (Lipinski definition) is 2. The molecule has 0 unspecified atom stereocenters. The number of nitrogens with zero attached hydrogens (tertiary/aromatic N) is 1. The summed E-state index contributed by atoms with van der Waals surface area (Å²) in [6, 6.07) is 11.9. The van der Waals surface area contributed by atoms with Crippen molar-refractivity contribution in [2.24, 2.45) is 5.92 Å². The van der Waals surface area contributed by atoms with Gasteiger partial charge < -0.3 is 5.11 Å². The van der Waals surface area contributed by atoms with Gasteiger partial charge in [-0.05, 0) is 54.0 Å². The van der Waals surface area contributed by atoms with Crippen LogP contribution in [0.2, 0.25) is 0 Å². The van der Waals surface area contributed by atoms with Crippen LogP contribution < -0.4 is 0 Å². The van der Waals surface area contributed by atoms with Crippen molar-refractivity contribution in [2.45, 2.75) is 38.5 Å². The van der Waals surface area contributed by atoms with Gasteiger partial charge in [0.1, 0.15) is 17.6 Å². The molecule has 0 radical (unpaired) electrons. The Morgan fingerprint density at radius 3 is 2.43 bits per heavy atom. The second-order valence-electron chi connectivity index (χ2n) is 6.54. The minimum Gasteiger partial charge on any atom is -0.507 e. The van der Waals surface area contributed by atoms with Crippen molar-refractivity contribution in [3.05, 3.63) is 53.3 Å². The predicted octanol–water partition coefficient (Wildman–Crippen LogP) is 5.36. The van der Waals surface area contributed by atoms with Gasteiger partial charge >= 0.3 is 0 Å². The van der Waals surface area contributed by atoms with Crippen LogP contribution in [-0.2, 0) is 0 Å². The number of rotatable bonds is 2. The lowest BCUT2D eigenvalue weighted by Crippen LogP contribution is -2.11. The second kappa shape index (κ2) is 6.42. The summed E-state index contributed by atoms with van der Waals surface area (Å²) in [6.45, 7) is 2.28. The van der Waals surface area contributed by atoms with E-state index in [-0.39, 0.29) is 17.1 Å². The summed E-state index contributed by atoms with van der Waals surface area (Å²) in [5.74, 6) is 0.834. The molecule has 23 heavy (non-hydrogen) atoms. The largest absolute Gasteiger partial charge is 0.507 e. The van der Waals surface area contributed by atoms with E-state index in [9.17, 15) is 9.50 Å². The number of aromatic hydroxyl groups is 1. The highest BCUT2D eigenvalue weighted by molar-refractivity contribution is 5.68. The van der Waals surface area contributed by atoms with E-state index < -0.39 is 0 Å². The molecule has 0 atom stereocenters. The lowest BCUT2D eigenvalue weighted by Gasteiger charge is -2.26. The van der Waals surface area contributed by atoms with E-state index in [4.69, 9.17) is 5.26 Å². The fraction of sp³-hybridized carbons (Fsp3) is 0.350. The van der Waals surface area contributed by atoms with Gasteiger partial charge in [0.2, 0.25) is 0 Å². The van der Waals surface area contributed by atoms with Crippen molar-refractivity contribution < 1.29 is 9.50 Å². The van der Waals surface area contributed by atoms with Crippen LogP contribution in [0.25, 0.3) is 11.1 Å². The second-order valence-corrected chi connectivity index (χ2v) is 6.54. The summed E-state index contributed by atoms with van der Waals surface area (Å²) in [4.78, 5) is 0. The Morgan fingerprint density at radius 2 is 1.83 bits per heavy atom. The molecular weight excluding hydrogens is 289 g/mol. The molecule has 0 heterocycles. The molecule has 1 saturated carbocycles. The first-order valence-corrected chi connectivity index (χ1v) is 8.11. The number of nitriles is 1. The molecule has 118 valence electrons. The maximum absolute atomic E-state index is 14.5. The smallest absolute Gasteiger partial charge is 0.133 e. The maximum atomic E-state index is 14.5. The van der Waals surface area contributed by atoms with Gasteiger partial charge in [-0.1, -0.05) is 38.0 Å². The first-order chi connectivity index (χ1) is 11.1. The van der Waals surface area contributed by atoms with E-state index in [1.165, 1.54) is 25.0 Å². The van der Waals surface area contributed by atoms with Gasteiger partial charge in [0.15, 0.2) is 0 Å². The summed E-state index contributed by atoms with van der Waals surface area (Å²) < 4.78 is 14.5. The first-order valence-electron chi connectivity index (χ1n) is 8.11. The third-order valence-corrected chi connectivity index (χ3v) is 4.91. The summed E-state index contributed by atoms with van der Waals surface area (Å²) >= 11 is 0. The number of benzene rings is 2. The van der Waals surface area contributed by atoms with Gasteiger partial charge in [-0.3, -0.25) is 0 Å². The van der Waals surface area contributed by atoms with Crippen molar-refractivity contribution in [3.8, 4) is 22.9 Å². The van der Waals surface area contributed by atoms with Crippen molar-refractivity contribution >= 4 is 0 Å². The summed E-state index contributed by atoms with van der Waals surface area (Å²) in [5.41, 5.74) is 2.30. The average Bonchev–Trinajstić information content (AvgIpc) is 2.55. The topological polar surface area (TPSA) is 44.0 Å². The number of phenolic OH excluding ortho intramolecular Hbond substituents is 1. The van der Waals surface area contributed by atoms with E-state index in [0.29, 0.717) is 17.0 Å². The first kappa shape index (κ1) is 15.6. The van der Waals surface area contributed by atoms with E-state index in [1.54, 1.807) is 18.2 Å². The third kappa shape index (κ3) is 3.22. The standard InChI is InChI=1S/C20H20FNO/c1-13-2-4-14(5-3-13)15-8-9-18(19(21)10-15)16-6-7-17(12-22)20(23)11-16/h6-11,13-14,23H,2-5H2,1H3. The van der Waals surface area contributed by atoms with Crippen LogP contribution in [0, 0.1) is 23.1 Å². The van der Waals surface area contributed by atoms with Crippen LogP contribution in [0.1, 0.15) is 49.7 Å². The SMILES string of the molecule is CC1CCC(c2ccc(-c3ccc(C#N)c(O)c3)c(F)c2)CC1. The Morgan fingerprint density at radius 1 is 1.09 bits per heavy atom. The molecule has 0 bridgehead atoms. The van der Waals surface area contributed by atoms with Gasteiger partial charge in [-0.15, -0.1) is 0 Å². The van der Waals surface area contributed by atoms with E-state index in [1.807, 2.05) is 12.1 Å². The molecular formula is C20H20FNO. The lowest BCUT2D eigenvalue weighted by atomic mass is 9.79. The van der Waals surface area contributed by atoms with Gasteiger partial charge in [-0.25, -0.2) is 4.39 Å². The van der Waals surface area contributed by atoms with Crippen LogP contribution in [0.5, 0.6) is 5.75 Å². The molecule has 1 aliphatic carbocycles. The highest BCUT2D eigenvalue weighted by atomic mass is 19.1. The van der Waals surface area contributed by atoms with Crippen molar-refractivity contribution in [3.63, 3.8) is 0 Å². The molecule has 2 aromatic rings. The predicted molar refractivity (Wildman–Crippen MR) is 88.6 cm³/mol. The molecule has 2 aromatic carbocycles. The molecule has 1 aliphatic rings. The Hall–Kier alpha value is -2.34. The normalized spacial score (nSPS) is 20.9. The Labute approximate surface area is 136 Å². The molecule has 1 N–H and O–H groups in total. The van der Waals surface area contributed by atoms with Gasteiger partial charge in [0.25, 0.3) is 0 Å². The van der Waals surface area contributed by atoms with Crippen molar-refractivity contribution in [2.75, 3.05) is 0 Å². The molecule has 0 amide bonds. The zero-order valence-electron chi connectivity index (χ0n) is 13.2. The molecule has 0 aromatic heterocycles. The van der Waals surface area contributed by atoms with E-state index >= 15 is 0 Å². The van der Waals surface area contributed by atoms with Crippen LogP contribution in [0.3, 0.4) is 0 Å². The molecule has 0 aliphatic heterocycles. The summed E-state index contributed by atoms with van der Waals surface area (Å²) in [7, 11) is 0. The zero-order valence-corrected chi connectivity index (χ0v) is 13.2. The van der Waals surface area contributed by atoms with Crippen molar-refractivity contribution in [1.82, 2.24) is 0 Å². The summed E-state index contributed by atoms with van der Waals surface area (Å²) in [5, 5.41) is 18.6. The minimum atomic E-state index is -0.273. The van der Waals surface area contributed by atoms with Crippen molar-refractivity contribution in [1.29, 1.82) is 5.26 Å². The fourth-order valence-corrected chi connectivity index (χ4v) is 3.41. The molecule has 1 fully saturated rings. The monoisotopic (exact) mass is 309 g/mol. The Kier molecular flexibility index (Phi) is 4.34. The highest BCUT2D eigenvalue weighted by Crippen LogP contribution is 2.37. The maximum Gasteiger partial charge on any atom is 0.133 e. The van der Waals surface area contributed by atoms with Crippen LogP contribution in [-0.4, -0.2) is 5.11 Å². The minimum absolute atomic E-state index is 0.116. The van der Waals surface area contributed by atoms with Gasteiger partial charge in [-0.2, -0.15) is 5.26 Å². The molecule has 0 saturated heterocycles. The quantitative estimate of drug-likeness (QED) is 0.811. The fourth-order valence-electron chi connectivity index (χ4n) is 3.41. The van der Waals surface area contributed by atoms with Crippen LogP contribution in [0.15, 0.2) is 36.4 Å². The van der Waals surface area contributed by atoms with Gasteiger partial charge in [0.05, 0.1) is 5.56 Å². The van der Waals surface area contributed by atoms with E-state index in [2.05, 4.69) is 6.92 Å². The number of hydrogen-bond donors (Lipinski definition) is 1. The van der Waals surface area contributed by atoms with Gasteiger partial charge in [0, 0.05) is 5.56 Å². The third-order valence-electron chi connectivity index (χ3n) is 4.91. The average molecular weight is 309 g/mol. The summed E-state index contributed by atoms with van der Waals surface area (Å²) in [6.07, 6.45) is 4.66. The van der Waals surface area contributed by atoms with Crippen LogP contribution >= 0.6 is 0 Å². The molecule has 3 heteroatoms. The Balaban J connectivity index is 1.88. The van der Waals surface area contributed by atoms with Crippen LogP contribution in [0.4, 0.5) is 4.39 Å². The number of phenols is 1. The molecule has 0 spiro atoms. The number of halogens is 1. The molecule has 2 nitrogen and oxygen atoms in total. The highest BCUT2D eigenvalue weighted by Gasteiger charge is 2.20. The van der Waals surface area contributed by atoms with E-state index in [0.717, 1.165) is 24.3 Å². The Bertz CT molecular complexity index is 755.